The number of hydrogen-bond acceptors (Lipinski definition) is 7. The number of ether oxygens (including phenoxy) is 2. The fraction of sp³-hybridized carbons (Fsp3) is 0.625. The molecule has 2 aliphatic rings. The summed E-state index contributed by atoms with van der Waals surface area (Å²) in [6.45, 7) is 3.72. The maximum Gasteiger partial charge on any atom is 0.350 e. The van der Waals surface area contributed by atoms with Crippen LogP contribution in [-0.2, 0) is 24.3 Å². The van der Waals surface area contributed by atoms with Gasteiger partial charge in [-0.05, 0) is 31.2 Å². The third-order valence-electron chi connectivity index (χ3n) is 4.42. The van der Waals surface area contributed by atoms with Gasteiger partial charge in [-0.1, -0.05) is 0 Å². The first-order chi connectivity index (χ1) is 12.4. The van der Waals surface area contributed by atoms with E-state index in [-0.39, 0.29) is 21.8 Å². The maximum atomic E-state index is 12.7. The van der Waals surface area contributed by atoms with Gasteiger partial charge in [0, 0.05) is 26.2 Å². The third-order valence-corrected chi connectivity index (χ3v) is 7.38. The van der Waals surface area contributed by atoms with Crippen molar-refractivity contribution in [1.82, 2.24) is 9.21 Å². The molecule has 0 saturated carbocycles. The number of carbonyl (C=O) groups excluding carboxylic acids is 2. The molecule has 1 aromatic heterocycles. The van der Waals surface area contributed by atoms with E-state index in [0.717, 1.165) is 24.2 Å². The van der Waals surface area contributed by atoms with E-state index in [0.29, 0.717) is 32.8 Å². The molecular weight excluding hydrogens is 380 g/mol. The summed E-state index contributed by atoms with van der Waals surface area (Å²) in [6.07, 6.45) is 1.57. The molecule has 0 aromatic carbocycles. The molecule has 3 rings (SSSR count). The number of sulfonamides is 1. The van der Waals surface area contributed by atoms with Gasteiger partial charge in [0.15, 0.2) is 6.61 Å². The lowest BCUT2D eigenvalue weighted by atomic mass is 10.3. The molecule has 1 aromatic rings. The van der Waals surface area contributed by atoms with Gasteiger partial charge in [0.1, 0.15) is 9.77 Å². The van der Waals surface area contributed by atoms with Crippen molar-refractivity contribution >= 4 is 33.2 Å². The van der Waals surface area contributed by atoms with Crippen LogP contribution in [0.25, 0.3) is 0 Å². The molecule has 1 unspecified atom stereocenters. The molecule has 10 heteroatoms. The Hall–Kier alpha value is -1.49. The van der Waals surface area contributed by atoms with E-state index in [4.69, 9.17) is 9.47 Å². The van der Waals surface area contributed by atoms with Gasteiger partial charge < -0.3 is 14.4 Å². The van der Waals surface area contributed by atoms with Crippen LogP contribution in [0.15, 0.2) is 16.3 Å². The second kappa shape index (κ2) is 8.03. The molecule has 2 aliphatic heterocycles. The SMILES string of the molecule is CC1CN(C(=O)COC(=O)c2sccc2S(=O)(=O)N2CCCC2)CCO1. The zero-order valence-electron chi connectivity index (χ0n) is 14.5. The van der Waals surface area contributed by atoms with E-state index in [1.807, 2.05) is 6.92 Å². The van der Waals surface area contributed by atoms with E-state index in [1.54, 1.807) is 10.3 Å². The van der Waals surface area contributed by atoms with E-state index in [1.165, 1.54) is 10.4 Å². The Morgan fingerprint density at radius 1 is 1.31 bits per heavy atom. The van der Waals surface area contributed by atoms with Gasteiger partial charge in [0.05, 0.1) is 12.7 Å². The number of rotatable bonds is 5. The summed E-state index contributed by atoms with van der Waals surface area (Å²) in [7, 11) is -3.71. The number of nitrogens with zero attached hydrogens (tertiary/aromatic N) is 2. The van der Waals surface area contributed by atoms with Crippen LogP contribution < -0.4 is 0 Å². The van der Waals surface area contributed by atoms with Crippen molar-refractivity contribution in [2.75, 3.05) is 39.4 Å². The van der Waals surface area contributed by atoms with Gasteiger partial charge in [-0.25, -0.2) is 13.2 Å². The van der Waals surface area contributed by atoms with Gasteiger partial charge in [0.2, 0.25) is 10.0 Å². The van der Waals surface area contributed by atoms with E-state index in [2.05, 4.69) is 0 Å². The fourth-order valence-corrected chi connectivity index (χ4v) is 5.85. The first kappa shape index (κ1) is 19.3. The monoisotopic (exact) mass is 402 g/mol. The van der Waals surface area contributed by atoms with Gasteiger partial charge in [-0.15, -0.1) is 11.3 Å². The molecule has 3 heterocycles. The average molecular weight is 402 g/mol. The quantitative estimate of drug-likeness (QED) is 0.681. The predicted molar refractivity (Wildman–Crippen MR) is 94.6 cm³/mol. The molecule has 8 nitrogen and oxygen atoms in total. The van der Waals surface area contributed by atoms with E-state index >= 15 is 0 Å². The molecule has 2 saturated heterocycles. The number of hydrogen-bond donors (Lipinski definition) is 0. The van der Waals surface area contributed by atoms with Crippen molar-refractivity contribution in [1.29, 1.82) is 0 Å². The van der Waals surface area contributed by atoms with Crippen LogP contribution in [0, 0.1) is 0 Å². The van der Waals surface area contributed by atoms with Gasteiger partial charge >= 0.3 is 5.97 Å². The second-order valence-corrected chi connectivity index (χ2v) is 9.14. The van der Waals surface area contributed by atoms with Crippen LogP contribution in [0.1, 0.15) is 29.4 Å². The molecule has 1 amide bonds. The highest BCUT2D eigenvalue weighted by atomic mass is 32.2. The third kappa shape index (κ3) is 4.08. The zero-order chi connectivity index (χ0) is 18.7. The number of carbonyl (C=O) groups is 2. The van der Waals surface area contributed by atoms with Crippen LogP contribution in [-0.4, -0.2) is 75.0 Å². The van der Waals surface area contributed by atoms with E-state index < -0.39 is 22.6 Å². The van der Waals surface area contributed by atoms with Crippen molar-refractivity contribution in [2.24, 2.45) is 0 Å². The van der Waals surface area contributed by atoms with Crippen molar-refractivity contribution in [3.63, 3.8) is 0 Å². The van der Waals surface area contributed by atoms with Crippen LogP contribution >= 0.6 is 11.3 Å². The molecule has 0 N–H and O–H groups in total. The zero-order valence-corrected chi connectivity index (χ0v) is 16.2. The lowest BCUT2D eigenvalue weighted by Gasteiger charge is -2.30. The number of amides is 1. The number of morpholine rings is 1. The van der Waals surface area contributed by atoms with Crippen molar-refractivity contribution in [3.05, 3.63) is 16.3 Å². The number of esters is 1. The molecule has 0 spiro atoms. The Balaban J connectivity index is 1.64. The van der Waals surface area contributed by atoms with Gasteiger partial charge in [0.25, 0.3) is 5.91 Å². The Labute approximate surface area is 156 Å². The summed E-state index contributed by atoms with van der Waals surface area (Å²) in [5.41, 5.74) is 0. The minimum absolute atomic E-state index is 0.0139. The molecular formula is C16H22N2O6S2. The van der Waals surface area contributed by atoms with Crippen LogP contribution in [0.5, 0.6) is 0 Å². The minimum Gasteiger partial charge on any atom is -0.451 e. The first-order valence-electron chi connectivity index (χ1n) is 8.53. The molecule has 144 valence electrons. The summed E-state index contributed by atoms with van der Waals surface area (Å²) in [5.74, 6) is -1.10. The van der Waals surface area contributed by atoms with Crippen molar-refractivity contribution in [2.45, 2.75) is 30.8 Å². The molecule has 0 aliphatic carbocycles. The summed E-state index contributed by atoms with van der Waals surface area (Å²) in [5, 5.41) is 1.55. The van der Waals surface area contributed by atoms with Gasteiger partial charge in [-0.3, -0.25) is 4.79 Å². The molecule has 1 atom stereocenters. The normalized spacial score (nSPS) is 21.7. The summed E-state index contributed by atoms with van der Waals surface area (Å²) < 4.78 is 37.2. The van der Waals surface area contributed by atoms with Crippen molar-refractivity contribution < 1.29 is 27.5 Å². The highest BCUT2D eigenvalue weighted by Gasteiger charge is 2.32. The Morgan fingerprint density at radius 2 is 2.04 bits per heavy atom. The Morgan fingerprint density at radius 3 is 2.73 bits per heavy atom. The van der Waals surface area contributed by atoms with Crippen LogP contribution in [0.4, 0.5) is 0 Å². The summed E-state index contributed by atoms with van der Waals surface area (Å²) in [4.78, 5) is 26.1. The predicted octanol–water partition coefficient (Wildman–Crippen LogP) is 0.937. The standard InChI is InChI=1S/C16H22N2O6S2/c1-12-10-17(7-8-23-12)14(19)11-24-16(20)15-13(4-9-25-15)26(21,22)18-5-2-3-6-18/h4,9,12H,2-3,5-8,10-11H2,1H3. The Kier molecular flexibility index (Phi) is 5.96. The fourth-order valence-electron chi connectivity index (χ4n) is 3.05. The minimum atomic E-state index is -3.71. The van der Waals surface area contributed by atoms with Crippen LogP contribution in [0.2, 0.25) is 0 Å². The topological polar surface area (TPSA) is 93.2 Å². The maximum absolute atomic E-state index is 12.7. The molecule has 0 radical (unpaired) electrons. The van der Waals surface area contributed by atoms with Crippen LogP contribution in [0.3, 0.4) is 0 Å². The van der Waals surface area contributed by atoms with Gasteiger partial charge in [-0.2, -0.15) is 4.31 Å². The Bertz CT molecular complexity index is 769. The highest BCUT2D eigenvalue weighted by molar-refractivity contribution is 7.89. The molecule has 0 bridgehead atoms. The molecule has 26 heavy (non-hydrogen) atoms. The highest BCUT2D eigenvalue weighted by Crippen LogP contribution is 2.28. The largest absolute Gasteiger partial charge is 0.451 e. The van der Waals surface area contributed by atoms with E-state index in [9.17, 15) is 18.0 Å². The lowest BCUT2D eigenvalue weighted by Crippen LogP contribution is -2.46. The number of thiophene rings is 1. The average Bonchev–Trinajstić information content (AvgIpc) is 3.30. The smallest absolute Gasteiger partial charge is 0.350 e. The summed E-state index contributed by atoms with van der Waals surface area (Å²) in [6, 6.07) is 1.42. The first-order valence-corrected chi connectivity index (χ1v) is 10.9. The summed E-state index contributed by atoms with van der Waals surface area (Å²) >= 11 is 1.01. The lowest BCUT2D eigenvalue weighted by molar-refractivity contribution is -0.141. The second-order valence-electron chi connectivity index (χ2n) is 6.32. The molecule has 2 fully saturated rings. The van der Waals surface area contributed by atoms with Crippen molar-refractivity contribution in [3.8, 4) is 0 Å².